The Hall–Kier alpha value is -1.51. The van der Waals surface area contributed by atoms with E-state index in [2.05, 4.69) is 49.4 Å². The smallest absolute Gasteiger partial charge is 0.219 e. The van der Waals surface area contributed by atoms with Crippen molar-refractivity contribution in [2.24, 2.45) is 0 Å². The first kappa shape index (κ1) is 14.4. The van der Waals surface area contributed by atoms with Crippen LogP contribution in [-0.2, 0) is 19.5 Å². The summed E-state index contributed by atoms with van der Waals surface area (Å²) >= 11 is 12.4. The van der Waals surface area contributed by atoms with Crippen LogP contribution >= 0.6 is 23.2 Å². The van der Waals surface area contributed by atoms with Crippen molar-refractivity contribution in [3.05, 3.63) is 64.7 Å². The molecule has 0 spiro atoms. The number of fused-ring (bicyclic) bond motifs is 1. The third-order valence-electron chi connectivity index (χ3n) is 3.75. The second-order valence-electron chi connectivity index (χ2n) is 5.11. The van der Waals surface area contributed by atoms with Gasteiger partial charge in [-0.25, -0.2) is 9.13 Å². The van der Waals surface area contributed by atoms with Crippen molar-refractivity contribution < 1.29 is 4.57 Å². The molecule has 108 valence electrons. The van der Waals surface area contributed by atoms with Crippen LogP contribution in [0.2, 0.25) is 10.3 Å². The molecule has 0 atom stereocenters. The van der Waals surface area contributed by atoms with Gasteiger partial charge in [-0.3, -0.25) is 0 Å². The number of benzene rings is 2. The van der Waals surface area contributed by atoms with E-state index in [0.29, 0.717) is 10.3 Å². The van der Waals surface area contributed by atoms with E-state index in [0.717, 1.165) is 19.5 Å². The molecule has 2 nitrogen and oxygen atoms in total. The van der Waals surface area contributed by atoms with Crippen LogP contribution in [0.4, 0.5) is 0 Å². The molecular weight excluding hydrogens is 303 g/mol. The lowest BCUT2D eigenvalue weighted by Crippen LogP contribution is -2.33. The summed E-state index contributed by atoms with van der Waals surface area (Å²) in [5, 5.41) is 3.76. The molecule has 3 aromatic rings. The molecule has 1 aromatic heterocycles. The van der Waals surface area contributed by atoms with Gasteiger partial charge < -0.3 is 0 Å². The van der Waals surface area contributed by atoms with E-state index in [1.165, 1.54) is 16.3 Å². The summed E-state index contributed by atoms with van der Waals surface area (Å²) in [5.74, 6) is 0. The quantitative estimate of drug-likeness (QED) is 0.626. The molecular formula is C17H17Cl2N2+. The highest BCUT2D eigenvalue weighted by atomic mass is 35.5. The molecule has 0 aliphatic heterocycles. The number of aromatic nitrogens is 2. The Kier molecular flexibility index (Phi) is 4.18. The number of hydrogen-bond acceptors (Lipinski definition) is 0. The Morgan fingerprint density at radius 2 is 1.81 bits per heavy atom. The summed E-state index contributed by atoms with van der Waals surface area (Å²) in [4.78, 5) is 0. The van der Waals surface area contributed by atoms with Gasteiger partial charge >= 0.3 is 0 Å². The van der Waals surface area contributed by atoms with Gasteiger partial charge in [-0.2, -0.15) is 0 Å². The van der Waals surface area contributed by atoms with Crippen molar-refractivity contribution in [3.63, 3.8) is 0 Å². The average Bonchev–Trinajstić information content (AvgIpc) is 2.80. The van der Waals surface area contributed by atoms with Crippen molar-refractivity contribution in [2.45, 2.75) is 26.4 Å². The molecule has 2 aromatic carbocycles. The summed E-state index contributed by atoms with van der Waals surface area (Å²) in [6.45, 7) is 3.70. The third-order valence-corrected chi connectivity index (χ3v) is 4.64. The minimum absolute atomic E-state index is 0.609. The fourth-order valence-corrected chi connectivity index (χ4v) is 3.04. The topological polar surface area (TPSA) is 8.81 Å². The molecule has 0 aliphatic rings. The largest absolute Gasteiger partial charge is 0.255 e. The van der Waals surface area contributed by atoms with Crippen LogP contribution in [0.1, 0.15) is 12.5 Å². The van der Waals surface area contributed by atoms with E-state index < -0.39 is 0 Å². The first-order valence-electron chi connectivity index (χ1n) is 7.10. The number of imidazole rings is 1. The molecule has 0 aliphatic carbocycles. The van der Waals surface area contributed by atoms with Crippen LogP contribution in [0.5, 0.6) is 0 Å². The van der Waals surface area contributed by atoms with Gasteiger partial charge in [-0.05, 0) is 46.5 Å². The van der Waals surface area contributed by atoms with Gasteiger partial charge in [0.25, 0.3) is 10.3 Å². The van der Waals surface area contributed by atoms with Crippen LogP contribution in [0.3, 0.4) is 0 Å². The average molecular weight is 320 g/mol. The molecule has 0 N–H and O–H groups in total. The fraction of sp³-hybridized carbons (Fsp3) is 0.235. The summed E-state index contributed by atoms with van der Waals surface area (Å²) in [7, 11) is 0. The normalized spacial score (nSPS) is 11.2. The van der Waals surface area contributed by atoms with Gasteiger partial charge in [0.05, 0.1) is 13.1 Å². The van der Waals surface area contributed by atoms with E-state index in [-0.39, 0.29) is 0 Å². The van der Waals surface area contributed by atoms with E-state index >= 15 is 0 Å². The maximum absolute atomic E-state index is 6.26. The van der Waals surface area contributed by atoms with Gasteiger partial charge in [0.2, 0.25) is 6.33 Å². The standard InChI is InChI=1S/C17H17Cl2N2/c1-2-20-12-21(17(19)16(20)18)10-9-13-7-8-14-5-3-4-6-15(14)11-13/h3-8,11-12H,2,9-10H2,1H3/q+1. The Bertz CT molecular complexity index is 778. The molecule has 4 heteroatoms. The Balaban J connectivity index is 1.80. The van der Waals surface area contributed by atoms with Crippen molar-refractivity contribution >= 4 is 34.0 Å². The number of nitrogens with zero attached hydrogens (tertiary/aromatic N) is 2. The zero-order chi connectivity index (χ0) is 14.8. The lowest BCUT2D eigenvalue weighted by atomic mass is 10.1. The Morgan fingerprint density at radius 3 is 2.52 bits per heavy atom. The molecule has 0 amide bonds. The second-order valence-corrected chi connectivity index (χ2v) is 5.82. The van der Waals surface area contributed by atoms with Crippen molar-refractivity contribution in [3.8, 4) is 0 Å². The highest BCUT2D eigenvalue weighted by Gasteiger charge is 2.18. The zero-order valence-corrected chi connectivity index (χ0v) is 13.4. The van der Waals surface area contributed by atoms with Crippen molar-refractivity contribution in [1.82, 2.24) is 4.57 Å². The summed E-state index contributed by atoms with van der Waals surface area (Å²) < 4.78 is 3.95. The van der Waals surface area contributed by atoms with E-state index in [9.17, 15) is 0 Å². The van der Waals surface area contributed by atoms with Gasteiger partial charge in [-0.15, -0.1) is 0 Å². The lowest BCUT2D eigenvalue weighted by Gasteiger charge is -2.03. The molecule has 0 saturated carbocycles. The maximum atomic E-state index is 6.26. The molecule has 0 radical (unpaired) electrons. The molecule has 1 heterocycles. The number of rotatable bonds is 4. The number of halogens is 2. The Morgan fingerprint density at radius 1 is 1.05 bits per heavy atom. The van der Waals surface area contributed by atoms with E-state index in [4.69, 9.17) is 23.2 Å². The third kappa shape index (κ3) is 2.92. The summed E-state index contributed by atoms with van der Waals surface area (Å²) in [6, 6.07) is 15.0. The lowest BCUT2D eigenvalue weighted by molar-refractivity contribution is -0.693. The number of aryl methyl sites for hydroxylation is 3. The SMILES string of the molecule is CCn1c[n+](CCc2ccc3ccccc3c2)c(Cl)c1Cl. The molecule has 0 saturated heterocycles. The molecule has 3 rings (SSSR count). The minimum Gasteiger partial charge on any atom is -0.219 e. The van der Waals surface area contributed by atoms with E-state index in [1.54, 1.807) is 0 Å². The van der Waals surface area contributed by atoms with Crippen LogP contribution in [0.15, 0.2) is 48.8 Å². The maximum Gasteiger partial charge on any atom is 0.255 e. The Labute approximate surface area is 134 Å². The van der Waals surface area contributed by atoms with Crippen LogP contribution in [0, 0.1) is 0 Å². The first-order valence-corrected chi connectivity index (χ1v) is 7.86. The van der Waals surface area contributed by atoms with E-state index in [1.807, 2.05) is 15.5 Å². The first-order chi connectivity index (χ1) is 10.2. The highest BCUT2D eigenvalue weighted by Crippen LogP contribution is 2.19. The second kappa shape index (κ2) is 6.08. The predicted molar refractivity (Wildman–Crippen MR) is 88.0 cm³/mol. The fourth-order valence-electron chi connectivity index (χ4n) is 2.53. The number of hydrogen-bond donors (Lipinski definition) is 0. The van der Waals surface area contributed by atoms with Crippen molar-refractivity contribution in [1.29, 1.82) is 0 Å². The van der Waals surface area contributed by atoms with Crippen LogP contribution < -0.4 is 4.57 Å². The summed E-state index contributed by atoms with van der Waals surface area (Å²) in [5.41, 5.74) is 1.30. The van der Waals surface area contributed by atoms with Gasteiger partial charge in [0, 0.05) is 6.42 Å². The molecule has 0 bridgehead atoms. The highest BCUT2D eigenvalue weighted by molar-refractivity contribution is 6.39. The zero-order valence-electron chi connectivity index (χ0n) is 11.9. The minimum atomic E-state index is 0.609. The van der Waals surface area contributed by atoms with Gasteiger partial charge in [-0.1, -0.05) is 42.5 Å². The molecule has 0 unspecified atom stereocenters. The summed E-state index contributed by atoms with van der Waals surface area (Å²) in [6.07, 6.45) is 2.91. The van der Waals surface area contributed by atoms with Gasteiger partial charge in [0.1, 0.15) is 0 Å². The van der Waals surface area contributed by atoms with Crippen molar-refractivity contribution in [2.75, 3.05) is 0 Å². The molecule has 0 fully saturated rings. The van der Waals surface area contributed by atoms with Gasteiger partial charge in [0.15, 0.2) is 0 Å². The monoisotopic (exact) mass is 319 g/mol. The van der Waals surface area contributed by atoms with Crippen LogP contribution in [0.25, 0.3) is 10.8 Å². The van der Waals surface area contributed by atoms with Crippen LogP contribution in [-0.4, -0.2) is 4.57 Å². The predicted octanol–water partition coefficient (Wildman–Crippen LogP) is 4.50. The molecule has 21 heavy (non-hydrogen) atoms.